The van der Waals surface area contributed by atoms with E-state index >= 15 is 0 Å². The lowest BCUT2D eigenvalue weighted by atomic mass is 10.2. The maximum absolute atomic E-state index is 11.9. The third-order valence-electron chi connectivity index (χ3n) is 3.73. The van der Waals surface area contributed by atoms with Crippen LogP contribution in [0.3, 0.4) is 0 Å². The zero-order valence-corrected chi connectivity index (χ0v) is 14.2. The summed E-state index contributed by atoms with van der Waals surface area (Å²) in [5, 5.41) is 6.77. The van der Waals surface area contributed by atoms with Crippen molar-refractivity contribution >= 4 is 27.7 Å². The first-order valence-electron chi connectivity index (χ1n) is 7.62. The maximum atomic E-state index is 11.9. The van der Waals surface area contributed by atoms with Crippen LogP contribution in [0.25, 0.3) is 10.9 Å². The molecule has 2 aromatic carbocycles. The van der Waals surface area contributed by atoms with Crippen molar-refractivity contribution in [2.24, 2.45) is 0 Å². The fourth-order valence-corrected chi connectivity index (χ4v) is 2.97. The van der Waals surface area contributed by atoms with Gasteiger partial charge in [-0.05, 0) is 35.2 Å². The van der Waals surface area contributed by atoms with Gasteiger partial charge in [-0.1, -0.05) is 30.3 Å². The minimum atomic E-state index is -0.984. The van der Waals surface area contributed by atoms with Gasteiger partial charge in [0.05, 0.1) is 6.54 Å². The van der Waals surface area contributed by atoms with E-state index in [4.69, 9.17) is 0 Å². The number of fused-ring (bicyclic) bond motifs is 1. The lowest BCUT2D eigenvalue weighted by molar-refractivity contribution is 0.240. The highest BCUT2D eigenvalue weighted by Gasteiger charge is 2.04. The zero-order chi connectivity index (χ0) is 16.9. The molecule has 124 valence electrons. The average Bonchev–Trinajstić information content (AvgIpc) is 3.01. The minimum absolute atomic E-state index is 0.225. The van der Waals surface area contributed by atoms with Crippen molar-refractivity contribution in [1.82, 2.24) is 15.6 Å². The molecule has 0 aliphatic rings. The van der Waals surface area contributed by atoms with Gasteiger partial charge in [-0.2, -0.15) is 0 Å². The number of para-hydroxylation sites is 1. The van der Waals surface area contributed by atoms with Crippen LogP contribution >= 0.6 is 0 Å². The van der Waals surface area contributed by atoms with Crippen molar-refractivity contribution in [3.05, 3.63) is 65.9 Å². The molecule has 0 fully saturated rings. The molecule has 3 aromatic rings. The molecule has 2 amide bonds. The van der Waals surface area contributed by atoms with Gasteiger partial charge < -0.3 is 15.6 Å². The lowest BCUT2D eigenvalue weighted by Gasteiger charge is -2.07. The number of carbonyl (C=O) groups is 1. The molecule has 0 saturated carbocycles. The van der Waals surface area contributed by atoms with Gasteiger partial charge in [0, 0.05) is 39.7 Å². The molecule has 0 aliphatic carbocycles. The second-order valence-corrected chi connectivity index (χ2v) is 6.90. The van der Waals surface area contributed by atoms with Crippen LogP contribution < -0.4 is 10.6 Å². The molecule has 0 unspecified atom stereocenters. The normalized spacial score (nSPS) is 12.0. The average molecular weight is 341 g/mol. The molecule has 0 radical (unpaired) electrons. The highest BCUT2D eigenvalue weighted by atomic mass is 32.2. The molecule has 1 heterocycles. The molecule has 0 spiro atoms. The molecule has 6 heteroatoms. The Hall–Kier alpha value is -2.60. The number of nitrogens with one attached hydrogen (secondary N) is 3. The summed E-state index contributed by atoms with van der Waals surface area (Å²) >= 11 is 0. The number of rotatable bonds is 5. The first kappa shape index (κ1) is 16.3. The largest absolute Gasteiger partial charge is 0.357 e. The maximum Gasteiger partial charge on any atom is 0.315 e. The number of urea groups is 1. The Morgan fingerprint density at radius 3 is 2.46 bits per heavy atom. The Bertz CT molecular complexity index is 838. The fraction of sp³-hybridized carbons (Fsp3) is 0.167. The first-order chi connectivity index (χ1) is 11.6. The Kier molecular flexibility index (Phi) is 4.96. The van der Waals surface area contributed by atoms with E-state index in [0.29, 0.717) is 13.1 Å². The molecule has 5 nitrogen and oxygen atoms in total. The molecule has 3 rings (SSSR count). The van der Waals surface area contributed by atoms with Crippen molar-refractivity contribution in [2.75, 3.05) is 6.26 Å². The van der Waals surface area contributed by atoms with Crippen LogP contribution in [-0.4, -0.2) is 21.5 Å². The molecule has 1 aromatic heterocycles. The van der Waals surface area contributed by atoms with E-state index in [-0.39, 0.29) is 6.03 Å². The molecule has 1 atom stereocenters. The Morgan fingerprint density at radius 1 is 1.04 bits per heavy atom. The van der Waals surface area contributed by atoms with E-state index in [1.807, 2.05) is 54.6 Å². The minimum Gasteiger partial charge on any atom is -0.357 e. The van der Waals surface area contributed by atoms with Gasteiger partial charge in [-0.3, -0.25) is 4.21 Å². The number of aromatic nitrogens is 1. The summed E-state index contributed by atoms with van der Waals surface area (Å²) in [4.78, 5) is 15.9. The predicted octanol–water partition coefficient (Wildman–Crippen LogP) is 2.90. The number of benzene rings is 2. The van der Waals surface area contributed by atoms with Crippen molar-refractivity contribution in [1.29, 1.82) is 0 Å². The second-order valence-electron chi connectivity index (χ2n) is 5.52. The predicted molar refractivity (Wildman–Crippen MR) is 96.1 cm³/mol. The van der Waals surface area contributed by atoms with E-state index < -0.39 is 10.8 Å². The highest BCUT2D eigenvalue weighted by Crippen LogP contribution is 2.14. The summed E-state index contributed by atoms with van der Waals surface area (Å²) in [7, 11) is -0.984. The van der Waals surface area contributed by atoms with Crippen LogP contribution in [0.4, 0.5) is 4.79 Å². The number of H-pyrrole nitrogens is 1. The van der Waals surface area contributed by atoms with Gasteiger partial charge in [0.1, 0.15) is 0 Å². The summed E-state index contributed by atoms with van der Waals surface area (Å²) in [6.45, 7) is 0.865. The summed E-state index contributed by atoms with van der Waals surface area (Å²) in [5.41, 5.74) is 2.98. The third-order valence-corrected chi connectivity index (χ3v) is 4.67. The smallest absolute Gasteiger partial charge is 0.315 e. The fourth-order valence-electron chi connectivity index (χ4n) is 2.45. The summed E-state index contributed by atoms with van der Waals surface area (Å²) < 4.78 is 11.3. The van der Waals surface area contributed by atoms with Crippen LogP contribution in [0.1, 0.15) is 11.3 Å². The van der Waals surface area contributed by atoms with E-state index in [1.54, 1.807) is 6.26 Å². The topological polar surface area (TPSA) is 74.0 Å². The lowest BCUT2D eigenvalue weighted by Crippen LogP contribution is -2.34. The van der Waals surface area contributed by atoms with E-state index in [2.05, 4.69) is 15.6 Å². The Balaban J connectivity index is 1.49. The quantitative estimate of drug-likeness (QED) is 0.667. The first-order valence-corrected chi connectivity index (χ1v) is 9.18. The third kappa shape index (κ3) is 4.02. The van der Waals surface area contributed by atoms with E-state index in [0.717, 1.165) is 27.1 Å². The van der Waals surface area contributed by atoms with E-state index in [9.17, 15) is 9.00 Å². The number of amides is 2. The van der Waals surface area contributed by atoms with Gasteiger partial charge >= 0.3 is 6.03 Å². The van der Waals surface area contributed by atoms with Crippen molar-refractivity contribution < 1.29 is 9.00 Å². The molecular weight excluding hydrogens is 322 g/mol. The molecular formula is C18H19N3O2S. The second kappa shape index (κ2) is 7.31. The number of carbonyl (C=O) groups excluding carboxylic acids is 1. The summed E-state index contributed by atoms with van der Waals surface area (Å²) in [6, 6.07) is 17.2. The Morgan fingerprint density at radius 2 is 1.75 bits per heavy atom. The van der Waals surface area contributed by atoms with Gasteiger partial charge in [0.25, 0.3) is 0 Å². The summed E-state index contributed by atoms with van der Waals surface area (Å²) in [5.74, 6) is 0. The molecule has 0 aliphatic heterocycles. The number of hydrogen-bond acceptors (Lipinski definition) is 2. The molecule has 0 bridgehead atoms. The van der Waals surface area contributed by atoms with Crippen LogP contribution in [0.2, 0.25) is 0 Å². The highest BCUT2D eigenvalue weighted by molar-refractivity contribution is 7.84. The molecule has 3 N–H and O–H groups in total. The summed E-state index contributed by atoms with van der Waals surface area (Å²) in [6.07, 6.45) is 1.64. The molecule has 24 heavy (non-hydrogen) atoms. The standard InChI is InChI=1S/C18H19N3O2S/c1-24(23)16-8-6-13(7-9-16)11-19-18(22)20-12-15-10-14-4-2-3-5-17(14)21-15/h2-10,21H,11-12H2,1H3,(H2,19,20,22)/t24-/m1/s1. The Labute approximate surface area is 142 Å². The number of hydrogen-bond donors (Lipinski definition) is 3. The van der Waals surface area contributed by atoms with Crippen molar-refractivity contribution in [2.45, 2.75) is 18.0 Å². The van der Waals surface area contributed by atoms with Gasteiger partial charge in [-0.15, -0.1) is 0 Å². The van der Waals surface area contributed by atoms with Crippen LogP contribution in [0.15, 0.2) is 59.5 Å². The van der Waals surface area contributed by atoms with E-state index in [1.165, 1.54) is 0 Å². The van der Waals surface area contributed by atoms with Crippen LogP contribution in [-0.2, 0) is 23.9 Å². The van der Waals surface area contributed by atoms with Crippen LogP contribution in [0.5, 0.6) is 0 Å². The van der Waals surface area contributed by atoms with Gasteiger partial charge in [0.15, 0.2) is 0 Å². The SMILES string of the molecule is C[S@@](=O)c1ccc(CNC(=O)NCc2cc3ccccc3[nH]2)cc1. The molecule has 0 saturated heterocycles. The van der Waals surface area contributed by atoms with Crippen LogP contribution in [0, 0.1) is 0 Å². The number of aromatic amines is 1. The van der Waals surface area contributed by atoms with Gasteiger partial charge in [0.2, 0.25) is 0 Å². The zero-order valence-electron chi connectivity index (χ0n) is 13.3. The van der Waals surface area contributed by atoms with Gasteiger partial charge in [-0.25, -0.2) is 4.79 Å². The monoisotopic (exact) mass is 341 g/mol. The van der Waals surface area contributed by atoms with Crippen molar-refractivity contribution in [3.63, 3.8) is 0 Å². The van der Waals surface area contributed by atoms with Crippen molar-refractivity contribution in [3.8, 4) is 0 Å².